The summed E-state index contributed by atoms with van der Waals surface area (Å²) in [6.07, 6.45) is 1.82. The predicted octanol–water partition coefficient (Wildman–Crippen LogP) is 5.94. The van der Waals surface area contributed by atoms with Gasteiger partial charge in [-0.1, -0.05) is 24.3 Å². The first-order valence-corrected chi connectivity index (χ1v) is 10.6. The van der Waals surface area contributed by atoms with E-state index in [0.717, 1.165) is 38.0 Å². The summed E-state index contributed by atoms with van der Waals surface area (Å²) in [6, 6.07) is 19.3. The van der Waals surface area contributed by atoms with Gasteiger partial charge in [0.25, 0.3) is 11.1 Å². The van der Waals surface area contributed by atoms with E-state index < -0.39 is 0 Å². The van der Waals surface area contributed by atoms with Crippen LogP contribution in [0.25, 0.3) is 11.8 Å². The number of amides is 2. The lowest BCUT2D eigenvalue weighted by atomic mass is 10.2. The van der Waals surface area contributed by atoms with Crippen LogP contribution in [0.5, 0.6) is 0 Å². The molecule has 1 saturated heterocycles. The predicted molar refractivity (Wildman–Crippen MR) is 123 cm³/mol. The van der Waals surface area contributed by atoms with Crippen LogP contribution in [-0.2, 0) is 4.79 Å². The third-order valence-corrected chi connectivity index (χ3v) is 6.17. The molecule has 140 valence electrons. The third kappa shape index (κ3) is 3.42. The zero-order chi connectivity index (χ0) is 19.8. The van der Waals surface area contributed by atoms with Crippen molar-refractivity contribution in [1.29, 1.82) is 0 Å². The van der Waals surface area contributed by atoms with E-state index in [1.807, 2.05) is 50.3 Å². The fourth-order valence-electron chi connectivity index (χ4n) is 3.35. The quantitative estimate of drug-likeness (QED) is 0.330. The van der Waals surface area contributed by atoms with E-state index in [1.165, 1.54) is 4.90 Å². The number of benzene rings is 2. The summed E-state index contributed by atoms with van der Waals surface area (Å²) >= 11 is 3.28. The molecular formula is C22H17IN2O2S. The van der Waals surface area contributed by atoms with Crippen molar-refractivity contribution in [2.45, 2.75) is 13.8 Å². The highest BCUT2D eigenvalue weighted by Gasteiger charge is 2.36. The number of nitrogens with zero attached hydrogens (tertiary/aromatic N) is 2. The SMILES string of the molecule is Cc1cc(C=C2SC(=O)N(c3ccccc3)C2=O)c(C)n1-c1cccc(I)c1. The Morgan fingerprint density at radius 2 is 1.64 bits per heavy atom. The number of imide groups is 1. The maximum absolute atomic E-state index is 12.8. The van der Waals surface area contributed by atoms with Gasteiger partial charge in [0, 0.05) is 20.6 Å². The van der Waals surface area contributed by atoms with Crippen LogP contribution >= 0.6 is 34.4 Å². The second-order valence-electron chi connectivity index (χ2n) is 6.49. The number of rotatable bonds is 3. The van der Waals surface area contributed by atoms with E-state index in [2.05, 4.69) is 45.4 Å². The van der Waals surface area contributed by atoms with Gasteiger partial charge in [-0.25, -0.2) is 4.90 Å². The van der Waals surface area contributed by atoms with E-state index in [4.69, 9.17) is 0 Å². The lowest BCUT2D eigenvalue weighted by Gasteiger charge is -2.11. The molecule has 6 heteroatoms. The minimum absolute atomic E-state index is 0.270. The van der Waals surface area contributed by atoms with Gasteiger partial charge in [-0.05, 0) is 96.2 Å². The van der Waals surface area contributed by atoms with E-state index in [9.17, 15) is 9.59 Å². The fraction of sp³-hybridized carbons (Fsp3) is 0.0909. The molecule has 0 bridgehead atoms. The Balaban J connectivity index is 1.72. The maximum Gasteiger partial charge on any atom is 0.298 e. The van der Waals surface area contributed by atoms with Crippen LogP contribution in [0.2, 0.25) is 0 Å². The highest BCUT2D eigenvalue weighted by molar-refractivity contribution is 14.1. The van der Waals surface area contributed by atoms with Gasteiger partial charge in [-0.3, -0.25) is 9.59 Å². The van der Waals surface area contributed by atoms with Gasteiger partial charge in [0.15, 0.2) is 0 Å². The van der Waals surface area contributed by atoms with Gasteiger partial charge in [0.1, 0.15) is 0 Å². The second kappa shape index (κ2) is 7.60. The van der Waals surface area contributed by atoms with Gasteiger partial charge in [-0.2, -0.15) is 0 Å². The molecule has 3 aromatic rings. The molecule has 0 atom stereocenters. The zero-order valence-electron chi connectivity index (χ0n) is 15.3. The minimum atomic E-state index is -0.278. The first-order valence-electron chi connectivity index (χ1n) is 8.73. The number of thioether (sulfide) groups is 1. The number of anilines is 1. The maximum atomic E-state index is 12.8. The Hall–Kier alpha value is -2.32. The van der Waals surface area contributed by atoms with Gasteiger partial charge in [-0.15, -0.1) is 0 Å². The topological polar surface area (TPSA) is 42.3 Å². The summed E-state index contributed by atoms with van der Waals surface area (Å²) in [7, 11) is 0. The van der Waals surface area contributed by atoms with Crippen molar-refractivity contribution in [3.05, 3.63) is 86.1 Å². The van der Waals surface area contributed by atoms with Crippen molar-refractivity contribution < 1.29 is 9.59 Å². The van der Waals surface area contributed by atoms with Crippen molar-refractivity contribution in [2.24, 2.45) is 0 Å². The molecule has 0 spiro atoms. The number of para-hydroxylation sites is 1. The number of carbonyl (C=O) groups excluding carboxylic acids is 2. The minimum Gasteiger partial charge on any atom is -0.318 e. The van der Waals surface area contributed by atoms with Gasteiger partial charge in [0.2, 0.25) is 0 Å². The summed E-state index contributed by atoms with van der Waals surface area (Å²) < 4.78 is 3.32. The van der Waals surface area contributed by atoms with Crippen molar-refractivity contribution >= 4 is 57.3 Å². The Labute approximate surface area is 181 Å². The molecule has 1 aliphatic heterocycles. The molecule has 28 heavy (non-hydrogen) atoms. The van der Waals surface area contributed by atoms with Crippen LogP contribution in [0.4, 0.5) is 10.5 Å². The molecule has 2 aromatic carbocycles. The van der Waals surface area contributed by atoms with Crippen LogP contribution < -0.4 is 4.90 Å². The van der Waals surface area contributed by atoms with E-state index in [0.29, 0.717) is 10.6 Å². The smallest absolute Gasteiger partial charge is 0.298 e. The van der Waals surface area contributed by atoms with Crippen molar-refractivity contribution in [3.8, 4) is 5.69 Å². The van der Waals surface area contributed by atoms with Gasteiger partial charge in [0.05, 0.1) is 10.6 Å². The second-order valence-corrected chi connectivity index (χ2v) is 8.73. The zero-order valence-corrected chi connectivity index (χ0v) is 18.3. The van der Waals surface area contributed by atoms with Crippen LogP contribution in [0.15, 0.2) is 65.6 Å². The lowest BCUT2D eigenvalue weighted by Crippen LogP contribution is -2.27. The molecule has 2 amide bonds. The van der Waals surface area contributed by atoms with E-state index in [-0.39, 0.29) is 11.1 Å². The molecule has 1 aliphatic rings. The average Bonchev–Trinajstić information content (AvgIpc) is 3.11. The van der Waals surface area contributed by atoms with Crippen molar-refractivity contribution in [1.82, 2.24) is 4.57 Å². The Bertz CT molecular complexity index is 1120. The molecule has 4 nitrogen and oxygen atoms in total. The molecule has 0 aliphatic carbocycles. The number of carbonyl (C=O) groups is 2. The number of hydrogen-bond donors (Lipinski definition) is 0. The first kappa shape index (κ1) is 19.0. The fourth-order valence-corrected chi connectivity index (χ4v) is 4.71. The molecule has 1 aromatic heterocycles. The van der Waals surface area contributed by atoms with Crippen LogP contribution in [0.3, 0.4) is 0 Å². The largest absolute Gasteiger partial charge is 0.318 e. The third-order valence-electron chi connectivity index (χ3n) is 4.63. The standard InChI is InChI=1S/C22H17IN2O2S/c1-14-11-16(15(2)24(14)19-10-6-7-17(23)13-19)12-20-21(26)25(22(27)28-20)18-8-4-3-5-9-18/h3-13H,1-2H3. The summed E-state index contributed by atoms with van der Waals surface area (Å²) in [6.45, 7) is 4.07. The Morgan fingerprint density at radius 3 is 2.36 bits per heavy atom. The lowest BCUT2D eigenvalue weighted by molar-refractivity contribution is -0.113. The first-order chi connectivity index (χ1) is 13.5. The van der Waals surface area contributed by atoms with Gasteiger partial charge >= 0.3 is 0 Å². The highest BCUT2D eigenvalue weighted by Crippen LogP contribution is 2.36. The number of aryl methyl sites for hydroxylation is 1. The summed E-state index contributed by atoms with van der Waals surface area (Å²) in [5, 5.41) is -0.270. The molecule has 0 unspecified atom stereocenters. The monoisotopic (exact) mass is 500 g/mol. The van der Waals surface area contributed by atoms with E-state index in [1.54, 1.807) is 12.1 Å². The average molecular weight is 500 g/mol. The molecule has 0 radical (unpaired) electrons. The molecule has 0 saturated carbocycles. The molecule has 0 N–H and O–H groups in total. The van der Waals surface area contributed by atoms with Crippen LogP contribution in [-0.4, -0.2) is 15.7 Å². The molecule has 1 fully saturated rings. The van der Waals surface area contributed by atoms with Crippen molar-refractivity contribution in [3.63, 3.8) is 0 Å². The molecule has 2 heterocycles. The number of hydrogen-bond acceptors (Lipinski definition) is 3. The summed E-state index contributed by atoms with van der Waals surface area (Å²) in [5.41, 5.74) is 4.73. The number of halogens is 1. The van der Waals surface area contributed by atoms with Gasteiger partial charge < -0.3 is 4.57 Å². The highest BCUT2D eigenvalue weighted by atomic mass is 127. The molecule has 4 rings (SSSR count). The Morgan fingerprint density at radius 1 is 0.929 bits per heavy atom. The van der Waals surface area contributed by atoms with Crippen LogP contribution in [0.1, 0.15) is 17.0 Å². The number of aromatic nitrogens is 1. The Kier molecular flexibility index (Phi) is 5.16. The molecular weight excluding hydrogens is 483 g/mol. The van der Waals surface area contributed by atoms with Crippen LogP contribution in [0, 0.1) is 17.4 Å². The summed E-state index contributed by atoms with van der Waals surface area (Å²) in [5.74, 6) is -0.278. The summed E-state index contributed by atoms with van der Waals surface area (Å²) in [4.78, 5) is 26.9. The van der Waals surface area contributed by atoms with Crippen molar-refractivity contribution in [2.75, 3.05) is 4.90 Å². The van der Waals surface area contributed by atoms with E-state index >= 15 is 0 Å². The normalized spacial score (nSPS) is 15.7.